The van der Waals surface area contributed by atoms with Crippen LogP contribution < -0.4 is 0 Å². The third kappa shape index (κ3) is 22.4. The van der Waals surface area contributed by atoms with Crippen molar-refractivity contribution in [3.63, 3.8) is 0 Å². The van der Waals surface area contributed by atoms with E-state index in [4.69, 9.17) is 10.2 Å². The molecule has 79 valence electrons. The summed E-state index contributed by atoms with van der Waals surface area (Å²) in [6, 6.07) is 0. The molecule has 0 aromatic heterocycles. The van der Waals surface area contributed by atoms with Gasteiger partial charge >= 0.3 is 11.9 Å². The average molecular weight is 217 g/mol. The van der Waals surface area contributed by atoms with Crippen molar-refractivity contribution in [2.45, 2.75) is 13.8 Å². The molecule has 0 atom stereocenters. The van der Waals surface area contributed by atoms with E-state index in [0.29, 0.717) is 0 Å². The minimum absolute atomic E-state index is 0. The second kappa shape index (κ2) is 11.9. The third-order valence-corrected chi connectivity index (χ3v) is 0.730. The molecule has 0 aliphatic heterocycles. The van der Waals surface area contributed by atoms with Crippen LogP contribution >= 0.6 is 0 Å². The highest BCUT2D eigenvalue weighted by Crippen LogP contribution is 1.81. The van der Waals surface area contributed by atoms with E-state index in [1.165, 1.54) is 13.8 Å². The Hall–Kier alpha value is -1.09. The summed E-state index contributed by atoms with van der Waals surface area (Å²) in [7, 11) is 0. The van der Waals surface area contributed by atoms with Gasteiger partial charge in [0, 0.05) is 28.5 Å². The predicted molar refractivity (Wildman–Crippen MR) is 54.3 cm³/mol. The minimum Gasteiger partial charge on any atom is -0.478 e. The quantitative estimate of drug-likeness (QED) is 0.504. The molecule has 0 saturated heterocycles. The third-order valence-electron chi connectivity index (χ3n) is 0.730. The van der Waals surface area contributed by atoms with Crippen LogP contribution in [0.5, 0.6) is 0 Å². The molecule has 0 bridgehead atoms. The summed E-state index contributed by atoms with van der Waals surface area (Å²) in [5.74, 6) is -1.87. The largest absolute Gasteiger partial charge is 0.478 e. The first-order valence-corrected chi connectivity index (χ1v) is 3.06. The summed E-state index contributed by atoms with van der Waals surface area (Å²) < 4.78 is 0. The summed E-state index contributed by atoms with van der Waals surface area (Å²) in [4.78, 5) is 19.2. The topological polar surface area (TPSA) is 106 Å². The maximum Gasteiger partial charge on any atom is 0.330 e. The zero-order valence-electron chi connectivity index (χ0n) is 8.20. The maximum atomic E-state index is 9.60. The summed E-state index contributed by atoms with van der Waals surface area (Å²) in [6.07, 6.45) is 0. The van der Waals surface area contributed by atoms with E-state index in [2.05, 4.69) is 13.2 Å². The first-order chi connectivity index (χ1) is 5.29. The van der Waals surface area contributed by atoms with Crippen LogP contribution in [0.25, 0.3) is 0 Å². The lowest BCUT2D eigenvalue weighted by atomic mass is 10.4. The fraction of sp³-hybridized carbons (Fsp3) is 0.250. The standard InChI is InChI=1S/2C4H6O2.Al.H2O/c2*1-3(2)4(5)6;;/h2*1H2,2H3,(H,5,6);;1H2. The molecule has 0 amide bonds. The molecule has 0 fully saturated rings. The highest BCUT2D eigenvalue weighted by Gasteiger charge is 1.90. The number of carboxylic acids is 2. The number of carboxylic acid groups (broad SMARTS) is 2. The van der Waals surface area contributed by atoms with Crippen LogP contribution in [0.2, 0.25) is 0 Å². The molecule has 0 rings (SSSR count). The van der Waals surface area contributed by atoms with Crippen molar-refractivity contribution in [1.82, 2.24) is 0 Å². The molecular weight excluding hydrogens is 203 g/mol. The number of rotatable bonds is 2. The zero-order chi connectivity index (χ0) is 10.3. The Labute approximate surface area is 93.2 Å². The molecule has 0 spiro atoms. The lowest BCUT2D eigenvalue weighted by Gasteiger charge is -1.79. The summed E-state index contributed by atoms with van der Waals surface area (Å²) in [5.41, 5.74) is 0.352. The van der Waals surface area contributed by atoms with Crippen molar-refractivity contribution >= 4 is 29.3 Å². The number of hydrogen-bond acceptors (Lipinski definition) is 2. The van der Waals surface area contributed by atoms with Gasteiger partial charge in [0.15, 0.2) is 0 Å². The Morgan fingerprint density at radius 2 is 1.00 bits per heavy atom. The Balaban J connectivity index is -0.0000000625. The van der Waals surface area contributed by atoms with Gasteiger partial charge in [0.25, 0.3) is 0 Å². The number of aliphatic carboxylic acids is 2. The van der Waals surface area contributed by atoms with Crippen LogP contribution in [0.15, 0.2) is 24.3 Å². The second-order valence-corrected chi connectivity index (χ2v) is 2.17. The monoisotopic (exact) mass is 217 g/mol. The predicted octanol–water partition coefficient (Wildman–Crippen LogP) is 0.0887. The fourth-order valence-corrected chi connectivity index (χ4v) is 0. The van der Waals surface area contributed by atoms with Crippen molar-refractivity contribution < 1.29 is 25.3 Å². The number of carbonyl (C=O) groups is 2. The SMILES string of the molecule is C=C(C)C(=O)O.C=C(C)C(=O)O.O.[Al]. The van der Waals surface area contributed by atoms with Crippen LogP contribution in [-0.2, 0) is 9.59 Å². The molecule has 0 saturated carbocycles. The molecule has 0 aliphatic rings. The zero-order valence-corrected chi connectivity index (χ0v) is 9.36. The molecule has 0 aliphatic carbocycles. The molecule has 0 aromatic carbocycles. The Morgan fingerprint density at radius 1 is 0.929 bits per heavy atom. The van der Waals surface area contributed by atoms with Gasteiger partial charge in [-0.15, -0.1) is 0 Å². The smallest absolute Gasteiger partial charge is 0.330 e. The molecule has 14 heavy (non-hydrogen) atoms. The van der Waals surface area contributed by atoms with Crippen LogP contribution in [-0.4, -0.2) is 45.0 Å². The first-order valence-electron chi connectivity index (χ1n) is 3.06. The first kappa shape index (κ1) is 23.1. The lowest BCUT2D eigenvalue weighted by molar-refractivity contribution is -0.133. The van der Waals surface area contributed by atoms with Gasteiger partial charge in [-0.1, -0.05) is 13.2 Å². The van der Waals surface area contributed by atoms with E-state index in [1.807, 2.05) is 0 Å². The Kier molecular flexibility index (Phi) is 19.6. The van der Waals surface area contributed by atoms with Crippen LogP contribution in [0.1, 0.15) is 13.8 Å². The van der Waals surface area contributed by atoms with E-state index in [0.717, 1.165) is 0 Å². The maximum absolute atomic E-state index is 9.60. The Bertz CT molecular complexity index is 174. The van der Waals surface area contributed by atoms with E-state index in [9.17, 15) is 9.59 Å². The normalized spacial score (nSPS) is 6.43. The van der Waals surface area contributed by atoms with Crippen molar-refractivity contribution in [1.29, 1.82) is 0 Å². The summed E-state index contributed by atoms with van der Waals surface area (Å²) in [5, 5.41) is 15.8. The molecule has 0 heterocycles. The summed E-state index contributed by atoms with van der Waals surface area (Å²) in [6.45, 7) is 9.20. The molecule has 4 N–H and O–H groups in total. The van der Waals surface area contributed by atoms with Gasteiger partial charge in [0.05, 0.1) is 0 Å². The molecule has 3 radical (unpaired) electrons. The van der Waals surface area contributed by atoms with Crippen molar-refractivity contribution in [3.05, 3.63) is 24.3 Å². The molecular formula is C8H14AlO5. The van der Waals surface area contributed by atoms with Gasteiger partial charge in [-0.25, -0.2) is 9.59 Å². The van der Waals surface area contributed by atoms with Crippen molar-refractivity contribution in [2.24, 2.45) is 0 Å². The van der Waals surface area contributed by atoms with E-state index >= 15 is 0 Å². The van der Waals surface area contributed by atoms with Gasteiger partial charge in [-0.05, 0) is 13.8 Å². The number of hydrogen-bond donors (Lipinski definition) is 2. The van der Waals surface area contributed by atoms with E-state index in [-0.39, 0.29) is 34.0 Å². The molecule has 6 heteroatoms. The highest BCUT2D eigenvalue weighted by molar-refractivity contribution is 5.85. The van der Waals surface area contributed by atoms with Gasteiger partial charge < -0.3 is 15.7 Å². The lowest BCUT2D eigenvalue weighted by Crippen LogP contribution is -1.92. The van der Waals surface area contributed by atoms with Gasteiger partial charge in [0.2, 0.25) is 0 Å². The molecule has 5 nitrogen and oxygen atoms in total. The van der Waals surface area contributed by atoms with Crippen molar-refractivity contribution in [3.8, 4) is 0 Å². The van der Waals surface area contributed by atoms with Gasteiger partial charge in [-0.2, -0.15) is 0 Å². The second-order valence-electron chi connectivity index (χ2n) is 2.17. The average Bonchev–Trinajstić information content (AvgIpc) is 1.88. The Morgan fingerprint density at radius 3 is 1.00 bits per heavy atom. The highest BCUT2D eigenvalue weighted by atomic mass is 27.0. The van der Waals surface area contributed by atoms with Crippen molar-refractivity contribution in [2.75, 3.05) is 0 Å². The molecule has 0 aromatic rings. The van der Waals surface area contributed by atoms with Gasteiger partial charge in [-0.3, -0.25) is 0 Å². The van der Waals surface area contributed by atoms with E-state index < -0.39 is 11.9 Å². The van der Waals surface area contributed by atoms with Crippen LogP contribution in [0, 0.1) is 0 Å². The fourth-order valence-electron chi connectivity index (χ4n) is 0. The van der Waals surface area contributed by atoms with E-state index in [1.54, 1.807) is 0 Å². The van der Waals surface area contributed by atoms with Gasteiger partial charge in [0.1, 0.15) is 0 Å². The molecule has 0 unspecified atom stereocenters. The van der Waals surface area contributed by atoms with Crippen LogP contribution in [0.3, 0.4) is 0 Å². The van der Waals surface area contributed by atoms with Crippen LogP contribution in [0.4, 0.5) is 0 Å². The minimum atomic E-state index is -0.935. The summed E-state index contributed by atoms with van der Waals surface area (Å²) >= 11 is 0.